The van der Waals surface area contributed by atoms with Crippen molar-refractivity contribution in [2.45, 2.75) is 27.5 Å². The zero-order valence-corrected chi connectivity index (χ0v) is 20.0. The molecule has 1 fully saturated rings. The third-order valence-electron chi connectivity index (χ3n) is 5.24. The van der Waals surface area contributed by atoms with Gasteiger partial charge in [0.1, 0.15) is 0 Å². The zero-order valence-electron chi connectivity index (χ0n) is 18.3. The smallest absolute Gasteiger partial charge is 0.338 e. The molecule has 34 heavy (non-hydrogen) atoms. The first kappa shape index (κ1) is 24.0. The van der Waals surface area contributed by atoms with E-state index in [1.807, 2.05) is 48.5 Å². The Bertz CT molecular complexity index is 1270. The number of benzene rings is 3. The number of amides is 1. The van der Waals surface area contributed by atoms with Gasteiger partial charge in [0.2, 0.25) is 10.0 Å². The molecule has 0 aliphatic carbocycles. The lowest BCUT2D eigenvalue weighted by atomic mass is 10.2. The van der Waals surface area contributed by atoms with Crippen LogP contribution in [0.3, 0.4) is 0 Å². The first-order valence-corrected chi connectivity index (χ1v) is 13.1. The summed E-state index contributed by atoms with van der Waals surface area (Å²) in [6.07, 6.45) is 1.64. The molecule has 0 spiro atoms. The van der Waals surface area contributed by atoms with Crippen LogP contribution in [-0.4, -0.2) is 44.3 Å². The summed E-state index contributed by atoms with van der Waals surface area (Å²) in [7, 11) is -3.65. The fourth-order valence-corrected chi connectivity index (χ4v) is 6.02. The number of para-hydroxylation sites is 1. The number of ether oxygens (including phenoxy) is 1. The van der Waals surface area contributed by atoms with E-state index in [2.05, 4.69) is 5.32 Å². The van der Waals surface area contributed by atoms with Gasteiger partial charge >= 0.3 is 5.97 Å². The summed E-state index contributed by atoms with van der Waals surface area (Å²) in [6, 6.07) is 22.8. The summed E-state index contributed by atoms with van der Waals surface area (Å²) in [5.74, 6) is -1.25. The van der Waals surface area contributed by atoms with Crippen molar-refractivity contribution in [3.8, 4) is 0 Å². The van der Waals surface area contributed by atoms with Gasteiger partial charge in [0.25, 0.3) is 5.91 Å². The Morgan fingerprint density at radius 1 is 0.912 bits per heavy atom. The van der Waals surface area contributed by atoms with Crippen molar-refractivity contribution in [2.75, 3.05) is 25.0 Å². The van der Waals surface area contributed by atoms with Crippen molar-refractivity contribution < 1.29 is 22.7 Å². The number of carbonyl (C=O) groups is 2. The Labute approximate surface area is 203 Å². The molecule has 1 saturated heterocycles. The molecule has 1 aliphatic rings. The van der Waals surface area contributed by atoms with Crippen LogP contribution >= 0.6 is 11.8 Å². The molecule has 7 nitrogen and oxygen atoms in total. The van der Waals surface area contributed by atoms with Crippen LogP contribution in [0.25, 0.3) is 0 Å². The van der Waals surface area contributed by atoms with E-state index in [1.54, 1.807) is 6.07 Å². The Balaban J connectivity index is 1.37. The molecule has 3 aromatic rings. The van der Waals surface area contributed by atoms with Gasteiger partial charge in [-0.2, -0.15) is 4.31 Å². The number of rotatable bonds is 8. The van der Waals surface area contributed by atoms with E-state index in [0.717, 1.165) is 22.6 Å². The van der Waals surface area contributed by atoms with E-state index in [1.165, 1.54) is 40.3 Å². The predicted octanol–water partition coefficient (Wildman–Crippen LogP) is 4.42. The van der Waals surface area contributed by atoms with Gasteiger partial charge in [-0.05, 0) is 55.3 Å². The lowest BCUT2D eigenvalue weighted by Crippen LogP contribution is -2.28. The topological polar surface area (TPSA) is 92.8 Å². The van der Waals surface area contributed by atoms with Gasteiger partial charge in [0.15, 0.2) is 6.61 Å². The van der Waals surface area contributed by atoms with Crippen LogP contribution in [0.5, 0.6) is 0 Å². The van der Waals surface area contributed by atoms with Gasteiger partial charge in [-0.3, -0.25) is 4.79 Å². The molecule has 0 bridgehead atoms. The highest BCUT2D eigenvalue weighted by Crippen LogP contribution is 2.33. The van der Waals surface area contributed by atoms with E-state index >= 15 is 0 Å². The van der Waals surface area contributed by atoms with Gasteiger partial charge in [0.05, 0.1) is 16.1 Å². The van der Waals surface area contributed by atoms with Crippen LogP contribution in [-0.2, 0) is 19.6 Å². The van der Waals surface area contributed by atoms with Crippen LogP contribution in [0.4, 0.5) is 5.69 Å². The third-order valence-corrected chi connectivity index (χ3v) is 8.22. The number of hydrogen-bond acceptors (Lipinski definition) is 6. The second-order valence-electron chi connectivity index (χ2n) is 7.67. The average Bonchev–Trinajstić information content (AvgIpc) is 3.41. The van der Waals surface area contributed by atoms with Crippen molar-refractivity contribution in [1.82, 2.24) is 4.31 Å². The molecule has 0 saturated carbocycles. The van der Waals surface area contributed by atoms with Crippen molar-refractivity contribution >= 4 is 39.3 Å². The lowest BCUT2D eigenvalue weighted by molar-refractivity contribution is -0.119. The minimum Gasteiger partial charge on any atom is -0.452 e. The molecule has 0 unspecified atom stereocenters. The van der Waals surface area contributed by atoms with E-state index < -0.39 is 28.5 Å². The van der Waals surface area contributed by atoms with Crippen molar-refractivity contribution in [1.29, 1.82) is 0 Å². The highest BCUT2D eigenvalue weighted by molar-refractivity contribution is 7.99. The molecule has 0 aromatic heterocycles. The molecule has 0 radical (unpaired) electrons. The molecular formula is C25H24N2O5S2. The lowest BCUT2D eigenvalue weighted by Gasteiger charge is -2.16. The largest absolute Gasteiger partial charge is 0.452 e. The Morgan fingerprint density at radius 3 is 2.38 bits per heavy atom. The quantitative estimate of drug-likeness (QED) is 0.464. The Hall–Kier alpha value is -3.14. The second-order valence-corrected chi connectivity index (χ2v) is 10.7. The molecule has 0 atom stereocenters. The maximum atomic E-state index is 12.7. The number of hydrogen-bond donors (Lipinski definition) is 1. The van der Waals surface area contributed by atoms with Crippen LogP contribution in [0, 0.1) is 0 Å². The van der Waals surface area contributed by atoms with E-state index in [4.69, 9.17) is 4.74 Å². The second kappa shape index (κ2) is 10.9. The van der Waals surface area contributed by atoms with Gasteiger partial charge in [-0.15, -0.1) is 0 Å². The number of carbonyl (C=O) groups excluding carboxylic acids is 2. The Morgan fingerprint density at radius 2 is 1.62 bits per heavy atom. The normalized spacial score (nSPS) is 14.0. The number of nitrogens with zero attached hydrogens (tertiary/aromatic N) is 1. The third kappa shape index (κ3) is 5.85. The first-order chi connectivity index (χ1) is 16.4. The monoisotopic (exact) mass is 496 g/mol. The SMILES string of the molecule is O=C(COC(=O)c1cccc(S(=O)(=O)N2CCCC2)c1)Nc1ccccc1Sc1ccccc1. The van der Waals surface area contributed by atoms with Gasteiger partial charge < -0.3 is 10.1 Å². The number of esters is 1. The van der Waals surface area contributed by atoms with E-state index in [-0.39, 0.29) is 10.5 Å². The molecular weight excluding hydrogens is 472 g/mol. The number of anilines is 1. The van der Waals surface area contributed by atoms with Crippen LogP contribution in [0.15, 0.2) is 93.5 Å². The average molecular weight is 497 g/mol. The summed E-state index contributed by atoms with van der Waals surface area (Å²) in [5.41, 5.74) is 0.684. The van der Waals surface area contributed by atoms with Crippen molar-refractivity contribution in [3.05, 3.63) is 84.4 Å². The molecule has 1 heterocycles. The number of sulfonamides is 1. The van der Waals surface area contributed by atoms with E-state index in [0.29, 0.717) is 18.8 Å². The van der Waals surface area contributed by atoms with Crippen molar-refractivity contribution in [2.24, 2.45) is 0 Å². The highest BCUT2D eigenvalue weighted by atomic mass is 32.2. The fraction of sp³-hybridized carbons (Fsp3) is 0.200. The van der Waals surface area contributed by atoms with Crippen LogP contribution < -0.4 is 5.32 Å². The Kier molecular flexibility index (Phi) is 7.66. The highest BCUT2D eigenvalue weighted by Gasteiger charge is 2.27. The predicted molar refractivity (Wildman–Crippen MR) is 130 cm³/mol. The number of nitrogens with one attached hydrogen (secondary N) is 1. The zero-order chi connectivity index (χ0) is 24.0. The molecule has 1 N–H and O–H groups in total. The minimum absolute atomic E-state index is 0.0418. The molecule has 176 valence electrons. The van der Waals surface area contributed by atoms with Crippen molar-refractivity contribution in [3.63, 3.8) is 0 Å². The van der Waals surface area contributed by atoms with Gasteiger partial charge in [0, 0.05) is 22.9 Å². The van der Waals surface area contributed by atoms with Crippen LogP contribution in [0.1, 0.15) is 23.2 Å². The summed E-state index contributed by atoms with van der Waals surface area (Å²) >= 11 is 1.51. The molecule has 1 amide bonds. The first-order valence-electron chi connectivity index (χ1n) is 10.8. The molecule has 3 aromatic carbocycles. The maximum absolute atomic E-state index is 12.7. The summed E-state index contributed by atoms with van der Waals surface area (Å²) in [5, 5.41) is 2.77. The van der Waals surface area contributed by atoms with Gasteiger partial charge in [-0.1, -0.05) is 48.2 Å². The maximum Gasteiger partial charge on any atom is 0.338 e. The molecule has 4 rings (SSSR count). The molecule has 9 heteroatoms. The summed E-state index contributed by atoms with van der Waals surface area (Å²) in [6.45, 7) is 0.453. The van der Waals surface area contributed by atoms with Gasteiger partial charge in [-0.25, -0.2) is 13.2 Å². The standard InChI is InChI=1S/C25H24N2O5S2/c28-24(26-22-13-4-5-14-23(22)33-20-10-2-1-3-11-20)18-32-25(29)19-9-8-12-21(17-19)34(30,31)27-15-6-7-16-27/h1-5,8-14,17H,6-7,15-16,18H2,(H,26,28). The minimum atomic E-state index is -3.65. The fourth-order valence-electron chi connectivity index (χ4n) is 3.54. The van der Waals surface area contributed by atoms with E-state index in [9.17, 15) is 18.0 Å². The summed E-state index contributed by atoms with van der Waals surface area (Å²) in [4.78, 5) is 26.9. The van der Waals surface area contributed by atoms with Crippen LogP contribution in [0.2, 0.25) is 0 Å². The molecule has 1 aliphatic heterocycles. The summed E-state index contributed by atoms with van der Waals surface area (Å²) < 4.78 is 32.1.